The summed E-state index contributed by atoms with van der Waals surface area (Å²) in [6.45, 7) is 0. The van der Waals surface area contributed by atoms with Crippen LogP contribution in [0.5, 0.6) is 0 Å². The number of urea groups is 1. The van der Waals surface area contributed by atoms with E-state index in [0.29, 0.717) is 8.29 Å². The van der Waals surface area contributed by atoms with Crippen LogP contribution >= 0.6 is 35.3 Å². The number of nitrogens with zero attached hydrogens (tertiary/aromatic N) is 2. The summed E-state index contributed by atoms with van der Waals surface area (Å²) in [7, 11) is 0. The zero-order valence-corrected chi connectivity index (χ0v) is 15.9. The topological polar surface area (TPSA) is 76.0 Å². The maximum Gasteiger partial charge on any atom is 0.321 e. The maximum absolute atomic E-state index is 11.9. The van der Waals surface area contributed by atoms with Crippen LogP contribution in [-0.4, -0.2) is 33.5 Å². The quantitative estimate of drug-likeness (QED) is 0.599. The minimum absolute atomic E-state index is 0.120. The van der Waals surface area contributed by atoms with Crippen LogP contribution < -0.4 is 10.6 Å². The molecule has 25 heavy (non-hydrogen) atoms. The standard InChI is InChI=1S/C16H18N4O2S3/c21-13(18-14(22)17-11-6-4-5-7-11)10-24-15-19-20(16(23)25-15)12-8-2-1-3-9-12/h1-3,8-9,11H,4-7,10H2,(H2,17,18,21,22). The molecular formula is C16H18N4O2S3. The number of imide groups is 1. The first-order valence-electron chi connectivity index (χ1n) is 8.00. The van der Waals surface area contributed by atoms with E-state index in [1.54, 1.807) is 4.68 Å². The minimum Gasteiger partial charge on any atom is -0.335 e. The van der Waals surface area contributed by atoms with Crippen LogP contribution in [-0.2, 0) is 4.79 Å². The Morgan fingerprint density at radius 3 is 2.72 bits per heavy atom. The molecule has 6 nitrogen and oxygen atoms in total. The minimum atomic E-state index is -0.417. The van der Waals surface area contributed by atoms with Gasteiger partial charge < -0.3 is 5.32 Å². The van der Waals surface area contributed by atoms with E-state index in [9.17, 15) is 9.59 Å². The van der Waals surface area contributed by atoms with Crippen molar-refractivity contribution < 1.29 is 9.59 Å². The first kappa shape index (κ1) is 18.1. The Hall–Kier alpha value is -1.71. The summed E-state index contributed by atoms with van der Waals surface area (Å²) < 4.78 is 2.99. The van der Waals surface area contributed by atoms with Gasteiger partial charge in [-0.25, -0.2) is 9.48 Å². The lowest BCUT2D eigenvalue weighted by molar-refractivity contribution is -0.117. The van der Waals surface area contributed by atoms with E-state index in [1.165, 1.54) is 23.1 Å². The van der Waals surface area contributed by atoms with E-state index in [-0.39, 0.29) is 17.7 Å². The average molecular weight is 395 g/mol. The lowest BCUT2D eigenvalue weighted by atomic mass is 10.2. The van der Waals surface area contributed by atoms with Crippen molar-refractivity contribution in [1.29, 1.82) is 0 Å². The number of hydrogen-bond acceptors (Lipinski definition) is 6. The van der Waals surface area contributed by atoms with Crippen molar-refractivity contribution in [3.63, 3.8) is 0 Å². The molecule has 0 radical (unpaired) electrons. The van der Waals surface area contributed by atoms with Crippen molar-refractivity contribution in [2.24, 2.45) is 0 Å². The zero-order valence-electron chi connectivity index (χ0n) is 13.4. The van der Waals surface area contributed by atoms with Gasteiger partial charge in [-0.05, 0) is 37.2 Å². The van der Waals surface area contributed by atoms with Crippen LogP contribution in [0.4, 0.5) is 4.79 Å². The Labute approximate surface area is 159 Å². The zero-order chi connectivity index (χ0) is 17.6. The summed E-state index contributed by atoms with van der Waals surface area (Å²) in [5, 5.41) is 9.62. The average Bonchev–Trinajstić information content (AvgIpc) is 3.23. The largest absolute Gasteiger partial charge is 0.335 e. The second kappa shape index (κ2) is 8.59. The number of hydrogen-bond donors (Lipinski definition) is 2. The highest BCUT2D eigenvalue weighted by molar-refractivity contribution is 8.01. The van der Waals surface area contributed by atoms with Gasteiger partial charge in [0.25, 0.3) is 0 Å². The van der Waals surface area contributed by atoms with Crippen molar-refractivity contribution >= 4 is 47.3 Å². The number of para-hydroxylation sites is 1. The van der Waals surface area contributed by atoms with Crippen molar-refractivity contribution in [3.8, 4) is 5.69 Å². The fraction of sp³-hybridized carbons (Fsp3) is 0.375. The van der Waals surface area contributed by atoms with Crippen LogP contribution in [0.3, 0.4) is 0 Å². The number of carbonyl (C=O) groups excluding carboxylic acids is 2. The number of rotatable bonds is 5. The van der Waals surface area contributed by atoms with Crippen LogP contribution in [0.15, 0.2) is 34.7 Å². The molecule has 3 rings (SSSR count). The molecule has 1 saturated carbocycles. The maximum atomic E-state index is 11.9. The molecule has 9 heteroatoms. The summed E-state index contributed by atoms with van der Waals surface area (Å²) >= 11 is 7.94. The van der Waals surface area contributed by atoms with E-state index >= 15 is 0 Å². The van der Waals surface area contributed by atoms with Gasteiger partial charge in [0.1, 0.15) is 0 Å². The van der Waals surface area contributed by atoms with E-state index in [4.69, 9.17) is 12.2 Å². The van der Waals surface area contributed by atoms with Gasteiger partial charge in [-0.15, -0.1) is 5.10 Å². The van der Waals surface area contributed by atoms with Crippen LogP contribution in [0, 0.1) is 3.95 Å². The van der Waals surface area contributed by atoms with Crippen LogP contribution in [0.2, 0.25) is 0 Å². The van der Waals surface area contributed by atoms with E-state index in [1.807, 2.05) is 30.3 Å². The Kier molecular flexibility index (Phi) is 6.22. The van der Waals surface area contributed by atoms with Gasteiger partial charge in [0.05, 0.1) is 11.4 Å². The van der Waals surface area contributed by atoms with Gasteiger partial charge in [-0.3, -0.25) is 10.1 Å². The molecule has 0 unspecified atom stereocenters. The molecule has 132 valence electrons. The van der Waals surface area contributed by atoms with Crippen molar-refractivity contribution in [2.45, 2.75) is 36.1 Å². The van der Waals surface area contributed by atoms with E-state index in [0.717, 1.165) is 31.4 Å². The smallest absolute Gasteiger partial charge is 0.321 e. The highest BCUT2D eigenvalue weighted by atomic mass is 32.2. The molecule has 1 aliphatic carbocycles. The molecule has 0 saturated heterocycles. The van der Waals surface area contributed by atoms with E-state index in [2.05, 4.69) is 15.7 Å². The third kappa shape index (κ3) is 5.13. The molecule has 1 aromatic carbocycles. The van der Waals surface area contributed by atoms with Gasteiger partial charge in [-0.1, -0.05) is 54.1 Å². The molecule has 3 amide bonds. The monoisotopic (exact) mass is 394 g/mol. The van der Waals surface area contributed by atoms with Crippen molar-refractivity contribution in [1.82, 2.24) is 20.4 Å². The molecule has 0 bridgehead atoms. The Balaban J connectivity index is 1.50. The fourth-order valence-electron chi connectivity index (χ4n) is 2.63. The highest BCUT2D eigenvalue weighted by Crippen LogP contribution is 2.23. The van der Waals surface area contributed by atoms with Gasteiger partial charge in [0.15, 0.2) is 8.29 Å². The van der Waals surface area contributed by atoms with E-state index < -0.39 is 6.03 Å². The SMILES string of the molecule is O=C(CSc1nn(-c2ccccc2)c(=S)s1)NC(=O)NC1CCCC1. The molecule has 2 N–H and O–H groups in total. The van der Waals surface area contributed by atoms with Gasteiger partial charge >= 0.3 is 6.03 Å². The van der Waals surface area contributed by atoms with Gasteiger partial charge in [0, 0.05) is 6.04 Å². The summed E-state index contributed by atoms with van der Waals surface area (Å²) in [6.07, 6.45) is 4.22. The predicted octanol–water partition coefficient (Wildman–Crippen LogP) is 3.52. The molecule has 0 aliphatic heterocycles. The molecule has 0 atom stereocenters. The first-order valence-corrected chi connectivity index (χ1v) is 10.2. The molecule has 1 heterocycles. The van der Waals surface area contributed by atoms with Crippen LogP contribution in [0.25, 0.3) is 5.69 Å². The number of amides is 3. The molecule has 1 fully saturated rings. The highest BCUT2D eigenvalue weighted by Gasteiger charge is 2.18. The molecule has 1 aliphatic rings. The molecular weight excluding hydrogens is 376 g/mol. The lowest BCUT2D eigenvalue weighted by Gasteiger charge is -2.11. The number of thioether (sulfide) groups is 1. The molecule has 2 aromatic rings. The second-order valence-electron chi connectivity index (χ2n) is 5.67. The predicted molar refractivity (Wildman–Crippen MR) is 102 cm³/mol. The Bertz CT molecular complexity index is 797. The summed E-state index contributed by atoms with van der Waals surface area (Å²) in [5.74, 6) is -0.220. The third-order valence-corrected chi connectivity index (χ3v) is 6.17. The van der Waals surface area contributed by atoms with Crippen molar-refractivity contribution in [2.75, 3.05) is 5.75 Å². The summed E-state index contributed by atoms with van der Waals surface area (Å²) in [5.41, 5.74) is 0.885. The lowest BCUT2D eigenvalue weighted by Crippen LogP contribution is -2.44. The first-order chi connectivity index (χ1) is 12.1. The second-order valence-corrected chi connectivity index (χ2v) is 8.52. The number of nitrogens with one attached hydrogen (secondary N) is 2. The Morgan fingerprint density at radius 2 is 2.00 bits per heavy atom. The molecule has 0 spiro atoms. The number of carbonyl (C=O) groups is 2. The number of benzene rings is 1. The normalized spacial score (nSPS) is 14.4. The summed E-state index contributed by atoms with van der Waals surface area (Å²) in [4.78, 5) is 23.7. The van der Waals surface area contributed by atoms with Crippen LogP contribution in [0.1, 0.15) is 25.7 Å². The third-order valence-electron chi connectivity index (χ3n) is 3.80. The van der Waals surface area contributed by atoms with Gasteiger partial charge in [-0.2, -0.15) is 0 Å². The van der Waals surface area contributed by atoms with Crippen molar-refractivity contribution in [3.05, 3.63) is 34.3 Å². The van der Waals surface area contributed by atoms with Gasteiger partial charge in [0.2, 0.25) is 5.91 Å². The Morgan fingerprint density at radius 1 is 1.28 bits per heavy atom. The summed E-state index contributed by atoms with van der Waals surface area (Å²) in [6, 6.07) is 9.37. The fourth-order valence-corrected chi connectivity index (χ4v) is 4.79. The molecule has 1 aromatic heterocycles. The number of aromatic nitrogens is 2.